The summed E-state index contributed by atoms with van der Waals surface area (Å²) in [6.07, 6.45) is 2.56. The van der Waals surface area contributed by atoms with Crippen LogP contribution in [0.25, 0.3) is 0 Å². The quantitative estimate of drug-likeness (QED) is 0.755. The molecule has 2 rings (SSSR count). The lowest BCUT2D eigenvalue weighted by molar-refractivity contribution is -0.117. The Bertz CT molecular complexity index is 458. The Morgan fingerprint density at radius 3 is 3.19 bits per heavy atom. The van der Waals surface area contributed by atoms with Crippen molar-refractivity contribution in [3.05, 3.63) is 11.1 Å². The highest BCUT2D eigenvalue weighted by molar-refractivity contribution is 7.16. The van der Waals surface area contributed by atoms with Gasteiger partial charge in [0, 0.05) is 5.92 Å². The first-order valence-corrected chi connectivity index (χ1v) is 5.88. The number of hydrogen-bond donors (Lipinski definition) is 2. The summed E-state index contributed by atoms with van der Waals surface area (Å²) in [7, 11) is 0. The first-order valence-electron chi connectivity index (χ1n) is 5.07. The SMILES string of the molecule is CC1CC1C(=O)Nc1ncc(C#CCO)s1. The molecule has 1 aliphatic rings. The van der Waals surface area contributed by atoms with Crippen molar-refractivity contribution in [2.45, 2.75) is 13.3 Å². The van der Waals surface area contributed by atoms with Crippen molar-refractivity contribution in [1.29, 1.82) is 0 Å². The second kappa shape index (κ2) is 4.64. The molecule has 0 saturated heterocycles. The standard InChI is InChI=1S/C11H12N2O2S/c1-7-5-9(7)10(15)13-11-12-6-8(16-11)3-2-4-14/h6-7,9,14H,4-5H2,1H3,(H,12,13,15). The van der Waals surface area contributed by atoms with Gasteiger partial charge in [0.2, 0.25) is 5.91 Å². The Morgan fingerprint density at radius 2 is 2.56 bits per heavy atom. The van der Waals surface area contributed by atoms with Crippen LogP contribution in [-0.2, 0) is 4.79 Å². The fourth-order valence-corrected chi connectivity index (χ4v) is 2.10. The van der Waals surface area contributed by atoms with Gasteiger partial charge in [0.25, 0.3) is 0 Å². The first-order chi connectivity index (χ1) is 7.70. The van der Waals surface area contributed by atoms with Gasteiger partial charge in [0.15, 0.2) is 5.13 Å². The van der Waals surface area contributed by atoms with Crippen LogP contribution in [0.4, 0.5) is 5.13 Å². The van der Waals surface area contributed by atoms with E-state index in [0.29, 0.717) is 11.0 Å². The summed E-state index contributed by atoms with van der Waals surface area (Å²) in [4.78, 5) is 16.4. The molecule has 1 saturated carbocycles. The molecular formula is C11H12N2O2S. The Labute approximate surface area is 97.7 Å². The summed E-state index contributed by atoms with van der Waals surface area (Å²) in [5, 5.41) is 11.9. The summed E-state index contributed by atoms with van der Waals surface area (Å²) < 4.78 is 0. The van der Waals surface area contributed by atoms with Crippen LogP contribution in [0, 0.1) is 23.7 Å². The number of carbonyl (C=O) groups is 1. The van der Waals surface area contributed by atoms with E-state index in [1.165, 1.54) is 11.3 Å². The van der Waals surface area contributed by atoms with Gasteiger partial charge in [-0.05, 0) is 12.3 Å². The van der Waals surface area contributed by atoms with Crippen molar-refractivity contribution in [2.75, 3.05) is 11.9 Å². The Kier molecular flexibility index (Phi) is 3.22. The number of hydrogen-bond acceptors (Lipinski definition) is 4. The minimum Gasteiger partial charge on any atom is -0.384 e. The van der Waals surface area contributed by atoms with Gasteiger partial charge in [0.1, 0.15) is 6.61 Å². The summed E-state index contributed by atoms with van der Waals surface area (Å²) in [6.45, 7) is 1.89. The minimum absolute atomic E-state index is 0.0449. The van der Waals surface area contributed by atoms with Crippen LogP contribution in [-0.4, -0.2) is 22.6 Å². The smallest absolute Gasteiger partial charge is 0.229 e. The molecule has 0 aliphatic heterocycles. The molecular weight excluding hydrogens is 224 g/mol. The molecule has 2 unspecified atom stereocenters. The van der Waals surface area contributed by atoms with Gasteiger partial charge in [-0.1, -0.05) is 30.1 Å². The van der Waals surface area contributed by atoms with Crippen molar-refractivity contribution >= 4 is 22.4 Å². The molecule has 1 fully saturated rings. The van der Waals surface area contributed by atoms with E-state index in [2.05, 4.69) is 29.1 Å². The number of aliphatic hydroxyl groups excluding tert-OH is 1. The lowest BCUT2D eigenvalue weighted by Crippen LogP contribution is -2.13. The zero-order chi connectivity index (χ0) is 11.5. The number of anilines is 1. The van der Waals surface area contributed by atoms with Gasteiger partial charge < -0.3 is 10.4 Å². The number of aliphatic hydroxyl groups is 1. The average molecular weight is 236 g/mol. The molecule has 4 nitrogen and oxygen atoms in total. The maximum atomic E-state index is 11.6. The van der Waals surface area contributed by atoms with E-state index in [-0.39, 0.29) is 18.4 Å². The van der Waals surface area contributed by atoms with Gasteiger partial charge in [-0.3, -0.25) is 4.79 Å². The highest BCUT2D eigenvalue weighted by atomic mass is 32.1. The maximum Gasteiger partial charge on any atom is 0.229 e. The predicted molar refractivity (Wildman–Crippen MR) is 62.0 cm³/mol. The number of nitrogens with zero attached hydrogens (tertiary/aromatic N) is 1. The fraction of sp³-hybridized carbons (Fsp3) is 0.455. The zero-order valence-electron chi connectivity index (χ0n) is 8.86. The van der Waals surface area contributed by atoms with E-state index < -0.39 is 0 Å². The molecule has 1 amide bonds. The van der Waals surface area contributed by atoms with Gasteiger partial charge in [-0.15, -0.1) is 0 Å². The van der Waals surface area contributed by atoms with Crippen molar-refractivity contribution < 1.29 is 9.90 Å². The Hall–Kier alpha value is -1.38. The molecule has 0 spiro atoms. The summed E-state index contributed by atoms with van der Waals surface area (Å²) in [5.41, 5.74) is 0. The average Bonchev–Trinajstić information content (AvgIpc) is 2.83. The molecule has 1 aliphatic carbocycles. The van der Waals surface area contributed by atoms with E-state index in [9.17, 15) is 4.79 Å². The third-order valence-corrected chi connectivity index (χ3v) is 3.30. The maximum absolute atomic E-state index is 11.6. The molecule has 16 heavy (non-hydrogen) atoms. The molecule has 0 aromatic carbocycles. The molecule has 0 bridgehead atoms. The minimum atomic E-state index is -0.167. The van der Waals surface area contributed by atoms with E-state index in [4.69, 9.17) is 5.11 Å². The zero-order valence-corrected chi connectivity index (χ0v) is 9.67. The Morgan fingerprint density at radius 1 is 1.81 bits per heavy atom. The topological polar surface area (TPSA) is 62.2 Å². The van der Waals surface area contributed by atoms with Crippen molar-refractivity contribution in [3.63, 3.8) is 0 Å². The summed E-state index contributed by atoms with van der Waals surface area (Å²) in [6, 6.07) is 0. The van der Waals surface area contributed by atoms with E-state index in [1.54, 1.807) is 6.20 Å². The van der Waals surface area contributed by atoms with Gasteiger partial charge in [-0.25, -0.2) is 4.98 Å². The normalized spacial score (nSPS) is 22.1. The second-order valence-electron chi connectivity index (χ2n) is 3.80. The molecule has 1 aromatic rings. The molecule has 84 valence electrons. The highest BCUT2D eigenvalue weighted by Gasteiger charge is 2.39. The largest absolute Gasteiger partial charge is 0.384 e. The van der Waals surface area contributed by atoms with E-state index in [0.717, 1.165) is 11.3 Å². The number of rotatable bonds is 2. The third-order valence-electron chi connectivity index (χ3n) is 2.47. The number of thiazole rings is 1. The van der Waals surface area contributed by atoms with Crippen LogP contribution in [0.3, 0.4) is 0 Å². The summed E-state index contributed by atoms with van der Waals surface area (Å²) in [5.74, 6) is 5.97. The molecule has 0 radical (unpaired) electrons. The number of nitrogens with one attached hydrogen (secondary N) is 1. The second-order valence-corrected chi connectivity index (χ2v) is 4.83. The van der Waals surface area contributed by atoms with Crippen LogP contribution < -0.4 is 5.32 Å². The van der Waals surface area contributed by atoms with Gasteiger partial charge >= 0.3 is 0 Å². The van der Waals surface area contributed by atoms with Crippen LogP contribution in [0.2, 0.25) is 0 Å². The number of aromatic nitrogens is 1. The molecule has 1 heterocycles. The van der Waals surface area contributed by atoms with Crippen LogP contribution >= 0.6 is 11.3 Å². The van der Waals surface area contributed by atoms with Gasteiger partial charge in [0.05, 0.1) is 11.1 Å². The van der Waals surface area contributed by atoms with Crippen molar-refractivity contribution in [1.82, 2.24) is 4.98 Å². The lowest BCUT2D eigenvalue weighted by atomic mass is 10.3. The number of amides is 1. The molecule has 2 atom stereocenters. The molecule has 5 heteroatoms. The highest BCUT2D eigenvalue weighted by Crippen LogP contribution is 2.38. The van der Waals surface area contributed by atoms with E-state index >= 15 is 0 Å². The third kappa shape index (κ3) is 2.60. The monoisotopic (exact) mass is 236 g/mol. The lowest BCUT2D eigenvalue weighted by Gasteiger charge is -1.97. The fourth-order valence-electron chi connectivity index (χ4n) is 1.40. The first kappa shape index (κ1) is 11.1. The molecule has 1 aromatic heterocycles. The molecule has 2 N–H and O–H groups in total. The number of carbonyl (C=O) groups excluding carboxylic acids is 1. The van der Waals surface area contributed by atoms with Crippen LogP contribution in [0.5, 0.6) is 0 Å². The van der Waals surface area contributed by atoms with Crippen LogP contribution in [0.15, 0.2) is 6.20 Å². The van der Waals surface area contributed by atoms with E-state index in [1.807, 2.05) is 0 Å². The predicted octanol–water partition coefficient (Wildman–Crippen LogP) is 1.08. The van der Waals surface area contributed by atoms with Gasteiger partial charge in [-0.2, -0.15) is 0 Å². The van der Waals surface area contributed by atoms with Crippen molar-refractivity contribution in [2.24, 2.45) is 11.8 Å². The summed E-state index contributed by atoms with van der Waals surface area (Å²) >= 11 is 1.32. The Balaban J connectivity index is 1.94. The van der Waals surface area contributed by atoms with Crippen LogP contribution in [0.1, 0.15) is 18.2 Å². The van der Waals surface area contributed by atoms with Crippen molar-refractivity contribution in [3.8, 4) is 11.8 Å².